The molecule has 1 fully saturated rings. The summed E-state index contributed by atoms with van der Waals surface area (Å²) in [6.07, 6.45) is 4.46. The fraction of sp³-hybridized carbons (Fsp3) is 0.615. The van der Waals surface area contributed by atoms with Crippen LogP contribution in [0.1, 0.15) is 32.4 Å². The molecular formula is C13H20N2O2. The van der Waals surface area contributed by atoms with Crippen molar-refractivity contribution in [2.45, 2.75) is 44.7 Å². The minimum atomic E-state index is -0.725. The van der Waals surface area contributed by atoms with Crippen LogP contribution in [0.3, 0.4) is 0 Å². The number of hydrogen-bond donors (Lipinski definition) is 2. The van der Waals surface area contributed by atoms with Gasteiger partial charge in [-0.3, -0.25) is 4.79 Å². The van der Waals surface area contributed by atoms with Crippen LogP contribution in [0, 0.1) is 5.92 Å². The zero-order valence-electron chi connectivity index (χ0n) is 10.4. The summed E-state index contributed by atoms with van der Waals surface area (Å²) in [6.45, 7) is 3.78. The molecule has 17 heavy (non-hydrogen) atoms. The van der Waals surface area contributed by atoms with Gasteiger partial charge < -0.3 is 15.5 Å². The van der Waals surface area contributed by atoms with Gasteiger partial charge in [0.05, 0.1) is 11.8 Å². The van der Waals surface area contributed by atoms with E-state index in [1.165, 1.54) is 0 Å². The molecule has 4 nitrogen and oxygen atoms in total. The standard InChI is InChI=1S/C13H20N2O2/c1-9(8-11-4-3-7-17-11)15-12(16)13(2,14)10-5-6-10/h3-4,7,9-10H,5-6,8,14H2,1-2H3,(H,15,16). The molecule has 2 rings (SSSR count). The van der Waals surface area contributed by atoms with Crippen LogP contribution in [-0.2, 0) is 11.2 Å². The minimum absolute atomic E-state index is 0.0373. The lowest BCUT2D eigenvalue weighted by Gasteiger charge is -2.25. The lowest BCUT2D eigenvalue weighted by Crippen LogP contribution is -2.55. The second-order valence-corrected chi connectivity index (χ2v) is 5.21. The van der Waals surface area contributed by atoms with Crippen molar-refractivity contribution in [2.75, 3.05) is 0 Å². The molecule has 0 aromatic carbocycles. The summed E-state index contributed by atoms with van der Waals surface area (Å²) in [7, 11) is 0. The van der Waals surface area contributed by atoms with E-state index in [2.05, 4.69) is 5.32 Å². The van der Waals surface area contributed by atoms with Crippen LogP contribution >= 0.6 is 0 Å². The van der Waals surface area contributed by atoms with Crippen LogP contribution in [0.5, 0.6) is 0 Å². The van der Waals surface area contributed by atoms with Crippen molar-refractivity contribution in [3.63, 3.8) is 0 Å². The van der Waals surface area contributed by atoms with E-state index in [1.807, 2.05) is 26.0 Å². The van der Waals surface area contributed by atoms with Gasteiger partial charge in [0.1, 0.15) is 5.76 Å². The topological polar surface area (TPSA) is 68.3 Å². The van der Waals surface area contributed by atoms with E-state index in [-0.39, 0.29) is 11.9 Å². The molecule has 0 radical (unpaired) electrons. The first-order chi connectivity index (χ1) is 8.00. The van der Waals surface area contributed by atoms with E-state index >= 15 is 0 Å². The third kappa shape index (κ3) is 2.88. The van der Waals surface area contributed by atoms with E-state index < -0.39 is 5.54 Å². The van der Waals surface area contributed by atoms with Crippen molar-refractivity contribution in [2.24, 2.45) is 11.7 Å². The minimum Gasteiger partial charge on any atom is -0.469 e. The maximum atomic E-state index is 12.0. The van der Waals surface area contributed by atoms with Gasteiger partial charge in [-0.1, -0.05) is 0 Å². The third-order valence-corrected chi connectivity index (χ3v) is 3.38. The zero-order chi connectivity index (χ0) is 12.5. The first kappa shape index (κ1) is 12.2. The Hall–Kier alpha value is -1.29. The fourth-order valence-corrected chi connectivity index (χ4v) is 2.03. The molecule has 4 heteroatoms. The molecule has 0 saturated heterocycles. The first-order valence-corrected chi connectivity index (χ1v) is 6.12. The molecule has 0 spiro atoms. The number of carbonyl (C=O) groups excluding carboxylic acids is 1. The zero-order valence-corrected chi connectivity index (χ0v) is 10.4. The molecule has 1 heterocycles. The largest absolute Gasteiger partial charge is 0.469 e. The van der Waals surface area contributed by atoms with E-state index in [0.717, 1.165) is 18.6 Å². The van der Waals surface area contributed by atoms with Gasteiger partial charge in [0.2, 0.25) is 5.91 Å². The predicted octanol–water partition coefficient (Wildman–Crippen LogP) is 1.45. The Bertz CT molecular complexity index is 380. The molecule has 1 aromatic heterocycles. The average Bonchev–Trinajstić information content (AvgIpc) is 3.00. The van der Waals surface area contributed by atoms with Gasteiger partial charge in [-0.25, -0.2) is 0 Å². The van der Waals surface area contributed by atoms with Gasteiger partial charge >= 0.3 is 0 Å². The second-order valence-electron chi connectivity index (χ2n) is 5.21. The van der Waals surface area contributed by atoms with Gasteiger partial charge in [0, 0.05) is 12.5 Å². The van der Waals surface area contributed by atoms with Gasteiger partial charge in [-0.05, 0) is 44.7 Å². The maximum absolute atomic E-state index is 12.0. The van der Waals surface area contributed by atoms with E-state index in [9.17, 15) is 4.79 Å². The number of amides is 1. The van der Waals surface area contributed by atoms with Crippen LogP contribution in [0.2, 0.25) is 0 Å². The van der Waals surface area contributed by atoms with Gasteiger partial charge in [-0.2, -0.15) is 0 Å². The van der Waals surface area contributed by atoms with Gasteiger partial charge in [0.15, 0.2) is 0 Å². The van der Waals surface area contributed by atoms with Gasteiger partial charge in [-0.15, -0.1) is 0 Å². The van der Waals surface area contributed by atoms with Crippen LogP contribution in [0.4, 0.5) is 0 Å². The number of furan rings is 1. The van der Waals surface area contributed by atoms with E-state index in [0.29, 0.717) is 12.3 Å². The van der Waals surface area contributed by atoms with Crippen LogP contribution in [-0.4, -0.2) is 17.5 Å². The Labute approximate surface area is 102 Å². The van der Waals surface area contributed by atoms with Crippen molar-refractivity contribution in [1.29, 1.82) is 0 Å². The van der Waals surface area contributed by atoms with Crippen LogP contribution in [0.15, 0.2) is 22.8 Å². The molecule has 2 atom stereocenters. The Balaban J connectivity index is 1.85. The summed E-state index contributed by atoms with van der Waals surface area (Å²) >= 11 is 0. The molecule has 2 unspecified atom stereocenters. The Morgan fingerprint density at radius 1 is 1.71 bits per heavy atom. The molecule has 1 saturated carbocycles. The Kier molecular flexibility index (Phi) is 3.24. The first-order valence-electron chi connectivity index (χ1n) is 6.12. The lowest BCUT2D eigenvalue weighted by molar-refractivity contribution is -0.127. The second kappa shape index (κ2) is 4.53. The highest BCUT2D eigenvalue weighted by molar-refractivity contribution is 5.86. The monoisotopic (exact) mass is 236 g/mol. The number of hydrogen-bond acceptors (Lipinski definition) is 3. The van der Waals surface area contributed by atoms with Gasteiger partial charge in [0.25, 0.3) is 0 Å². The van der Waals surface area contributed by atoms with Crippen molar-refractivity contribution < 1.29 is 9.21 Å². The summed E-state index contributed by atoms with van der Waals surface area (Å²) in [5, 5.41) is 2.96. The third-order valence-electron chi connectivity index (χ3n) is 3.38. The average molecular weight is 236 g/mol. The lowest BCUT2D eigenvalue weighted by atomic mass is 9.95. The molecule has 94 valence electrons. The van der Waals surface area contributed by atoms with Crippen LogP contribution in [0.25, 0.3) is 0 Å². The van der Waals surface area contributed by atoms with Crippen molar-refractivity contribution in [3.8, 4) is 0 Å². The number of nitrogens with one attached hydrogen (secondary N) is 1. The molecule has 1 aliphatic rings. The highest BCUT2D eigenvalue weighted by Crippen LogP contribution is 2.38. The summed E-state index contributed by atoms with van der Waals surface area (Å²) < 4.78 is 5.25. The highest BCUT2D eigenvalue weighted by Gasteiger charge is 2.44. The quantitative estimate of drug-likeness (QED) is 0.813. The molecule has 1 aromatic rings. The van der Waals surface area contributed by atoms with Crippen molar-refractivity contribution in [1.82, 2.24) is 5.32 Å². The normalized spacial score (nSPS) is 20.6. The SMILES string of the molecule is CC(Cc1ccco1)NC(=O)C(C)(N)C1CC1. The van der Waals surface area contributed by atoms with E-state index in [1.54, 1.807) is 6.26 Å². The predicted molar refractivity (Wildman–Crippen MR) is 65.3 cm³/mol. The molecule has 1 aliphatic carbocycles. The fourth-order valence-electron chi connectivity index (χ4n) is 2.03. The molecule has 0 bridgehead atoms. The smallest absolute Gasteiger partial charge is 0.240 e. The summed E-state index contributed by atoms with van der Waals surface area (Å²) in [6, 6.07) is 3.79. The maximum Gasteiger partial charge on any atom is 0.240 e. The van der Waals surface area contributed by atoms with Crippen molar-refractivity contribution in [3.05, 3.63) is 24.2 Å². The summed E-state index contributed by atoms with van der Waals surface area (Å²) in [5.74, 6) is 1.17. The van der Waals surface area contributed by atoms with E-state index in [4.69, 9.17) is 10.2 Å². The molecule has 0 aliphatic heterocycles. The van der Waals surface area contributed by atoms with Crippen LogP contribution < -0.4 is 11.1 Å². The molecule has 1 amide bonds. The Morgan fingerprint density at radius 3 is 2.94 bits per heavy atom. The number of carbonyl (C=O) groups is 1. The molecule has 3 N–H and O–H groups in total. The summed E-state index contributed by atoms with van der Waals surface area (Å²) in [4.78, 5) is 12.0. The number of nitrogens with two attached hydrogens (primary N) is 1. The van der Waals surface area contributed by atoms with Crippen molar-refractivity contribution >= 4 is 5.91 Å². The number of rotatable bonds is 5. The highest BCUT2D eigenvalue weighted by atomic mass is 16.3. The molecular weight excluding hydrogens is 216 g/mol. The Morgan fingerprint density at radius 2 is 2.41 bits per heavy atom. The summed E-state index contributed by atoms with van der Waals surface area (Å²) in [5.41, 5.74) is 5.33.